The van der Waals surface area contributed by atoms with Crippen LogP contribution in [0.1, 0.15) is 6.04 Å². The van der Waals surface area contributed by atoms with E-state index < -0.39 is 18.4 Å². The predicted octanol–water partition coefficient (Wildman–Crippen LogP) is 2.55. The molecule has 0 atom stereocenters. The van der Waals surface area contributed by atoms with Gasteiger partial charge in [0, 0.05) is 12.4 Å². The number of hydrogen-bond donors (Lipinski definition) is 0. The van der Waals surface area contributed by atoms with E-state index >= 15 is 0 Å². The minimum Gasteiger partial charge on any atom is -0.251 e. The Hall–Kier alpha value is -1.21. The van der Waals surface area contributed by atoms with Gasteiger partial charge in [-0.1, -0.05) is 0 Å². The van der Waals surface area contributed by atoms with Crippen LogP contribution in [0.25, 0.3) is 0 Å². The van der Waals surface area contributed by atoms with Crippen LogP contribution in [0.15, 0.2) is 18.5 Å². The van der Waals surface area contributed by atoms with Crippen molar-refractivity contribution in [3.63, 3.8) is 0 Å². The predicted molar refractivity (Wildman–Crippen MR) is 33.4 cm³/mol. The van der Waals surface area contributed by atoms with Gasteiger partial charge in [0.25, 0.3) is 0 Å². The molecule has 0 aromatic carbocycles. The second-order valence-corrected chi connectivity index (χ2v) is 2.47. The first-order valence-corrected chi connectivity index (χ1v) is 3.35. The SMILES string of the molecule is FC(F)(F)C(n1cccn1)C(F)(F)F. The number of hydrogen-bond acceptors (Lipinski definition) is 1. The highest BCUT2D eigenvalue weighted by molar-refractivity contribution is 4.87. The van der Waals surface area contributed by atoms with E-state index in [1.165, 1.54) is 0 Å². The summed E-state index contributed by atoms with van der Waals surface area (Å²) in [6.45, 7) is 0. The summed E-state index contributed by atoms with van der Waals surface area (Å²) < 4.78 is 71.8. The topological polar surface area (TPSA) is 17.8 Å². The van der Waals surface area contributed by atoms with Gasteiger partial charge in [-0.05, 0) is 6.07 Å². The standard InChI is InChI=1S/C6H4F6N2/c7-5(8,9)4(6(10,11)12)14-3-1-2-13-14/h1-4H. The molecule has 0 N–H and O–H groups in total. The van der Waals surface area contributed by atoms with E-state index in [1.807, 2.05) is 0 Å². The van der Waals surface area contributed by atoms with Gasteiger partial charge in [-0.15, -0.1) is 0 Å². The van der Waals surface area contributed by atoms with Crippen LogP contribution in [0.3, 0.4) is 0 Å². The molecule has 1 heterocycles. The molecule has 1 aromatic rings. The van der Waals surface area contributed by atoms with Crippen molar-refractivity contribution in [2.75, 3.05) is 0 Å². The van der Waals surface area contributed by atoms with Crippen molar-refractivity contribution >= 4 is 0 Å². The first kappa shape index (κ1) is 10.9. The smallest absolute Gasteiger partial charge is 0.251 e. The highest BCUT2D eigenvalue weighted by Gasteiger charge is 2.58. The molecule has 2 nitrogen and oxygen atoms in total. The van der Waals surface area contributed by atoms with E-state index in [-0.39, 0.29) is 4.68 Å². The average Bonchev–Trinajstić information content (AvgIpc) is 2.31. The molecular weight excluding hydrogens is 214 g/mol. The first-order chi connectivity index (χ1) is 6.23. The number of halogens is 6. The second-order valence-electron chi connectivity index (χ2n) is 2.47. The fourth-order valence-corrected chi connectivity index (χ4v) is 0.919. The zero-order chi connectivity index (χ0) is 11.0. The monoisotopic (exact) mass is 218 g/mol. The molecule has 0 amide bonds. The summed E-state index contributed by atoms with van der Waals surface area (Å²) in [5.74, 6) is 0. The fraction of sp³-hybridized carbons (Fsp3) is 0.500. The Kier molecular flexibility index (Phi) is 2.47. The minimum atomic E-state index is -5.40. The maximum atomic E-state index is 12.0. The molecule has 0 aliphatic carbocycles. The zero-order valence-electron chi connectivity index (χ0n) is 6.47. The molecule has 0 bridgehead atoms. The Morgan fingerprint density at radius 2 is 1.50 bits per heavy atom. The summed E-state index contributed by atoms with van der Waals surface area (Å²) in [6.07, 6.45) is -9.33. The molecule has 8 heteroatoms. The summed E-state index contributed by atoms with van der Waals surface area (Å²) in [6, 6.07) is -2.59. The summed E-state index contributed by atoms with van der Waals surface area (Å²) in [5.41, 5.74) is 0. The van der Waals surface area contributed by atoms with Crippen LogP contribution in [0, 0.1) is 0 Å². The quantitative estimate of drug-likeness (QED) is 0.662. The Morgan fingerprint density at radius 3 is 1.79 bits per heavy atom. The third-order valence-electron chi connectivity index (χ3n) is 1.41. The second kappa shape index (κ2) is 3.18. The van der Waals surface area contributed by atoms with E-state index in [4.69, 9.17) is 0 Å². The normalized spacial score (nSPS) is 13.6. The molecule has 0 unspecified atom stereocenters. The molecule has 0 fully saturated rings. The third-order valence-corrected chi connectivity index (χ3v) is 1.41. The highest BCUT2D eigenvalue weighted by atomic mass is 19.4. The molecule has 1 rings (SSSR count). The summed E-state index contributed by atoms with van der Waals surface area (Å²) in [4.78, 5) is 0. The molecule has 80 valence electrons. The van der Waals surface area contributed by atoms with Crippen molar-refractivity contribution in [3.8, 4) is 0 Å². The van der Waals surface area contributed by atoms with Crippen LogP contribution in [0.2, 0.25) is 0 Å². The highest BCUT2D eigenvalue weighted by Crippen LogP contribution is 2.42. The maximum Gasteiger partial charge on any atom is 0.419 e. The van der Waals surface area contributed by atoms with Crippen LogP contribution >= 0.6 is 0 Å². The van der Waals surface area contributed by atoms with Crippen molar-refractivity contribution < 1.29 is 26.3 Å². The Labute approximate surface area is 74.1 Å². The van der Waals surface area contributed by atoms with Crippen LogP contribution in [0.4, 0.5) is 26.3 Å². The molecule has 1 aromatic heterocycles. The van der Waals surface area contributed by atoms with Gasteiger partial charge in [0.15, 0.2) is 0 Å². The number of alkyl halides is 6. The van der Waals surface area contributed by atoms with Gasteiger partial charge in [0.1, 0.15) is 0 Å². The van der Waals surface area contributed by atoms with Gasteiger partial charge < -0.3 is 0 Å². The largest absolute Gasteiger partial charge is 0.419 e. The van der Waals surface area contributed by atoms with Crippen molar-refractivity contribution in [1.82, 2.24) is 9.78 Å². The lowest BCUT2D eigenvalue weighted by molar-refractivity contribution is -0.276. The van der Waals surface area contributed by atoms with Gasteiger partial charge in [-0.3, -0.25) is 4.68 Å². The van der Waals surface area contributed by atoms with Gasteiger partial charge >= 0.3 is 12.4 Å². The van der Waals surface area contributed by atoms with Crippen molar-refractivity contribution in [1.29, 1.82) is 0 Å². The summed E-state index contributed by atoms with van der Waals surface area (Å²) >= 11 is 0. The summed E-state index contributed by atoms with van der Waals surface area (Å²) in [5, 5.41) is 2.93. The van der Waals surface area contributed by atoms with Crippen LogP contribution in [0.5, 0.6) is 0 Å². The van der Waals surface area contributed by atoms with Gasteiger partial charge in [0.05, 0.1) is 0 Å². The fourth-order valence-electron chi connectivity index (χ4n) is 0.919. The molecule has 14 heavy (non-hydrogen) atoms. The minimum absolute atomic E-state index is 0.167. The Morgan fingerprint density at radius 1 is 1.00 bits per heavy atom. The molecule has 0 saturated heterocycles. The lowest BCUT2D eigenvalue weighted by Crippen LogP contribution is -2.38. The number of aromatic nitrogens is 2. The van der Waals surface area contributed by atoms with Crippen LogP contribution < -0.4 is 0 Å². The van der Waals surface area contributed by atoms with E-state index in [0.717, 1.165) is 12.3 Å². The van der Waals surface area contributed by atoms with Crippen molar-refractivity contribution in [2.24, 2.45) is 0 Å². The van der Waals surface area contributed by atoms with Crippen LogP contribution in [-0.4, -0.2) is 22.1 Å². The van der Waals surface area contributed by atoms with E-state index in [1.54, 1.807) is 0 Å². The lowest BCUT2D eigenvalue weighted by Gasteiger charge is -2.22. The van der Waals surface area contributed by atoms with Crippen molar-refractivity contribution in [3.05, 3.63) is 18.5 Å². The zero-order valence-corrected chi connectivity index (χ0v) is 6.47. The Balaban J connectivity index is 3.08. The molecular formula is C6H4F6N2. The third kappa shape index (κ3) is 2.18. The average molecular weight is 218 g/mol. The maximum absolute atomic E-state index is 12.0. The number of nitrogens with zero attached hydrogens (tertiary/aromatic N) is 2. The van der Waals surface area contributed by atoms with E-state index in [2.05, 4.69) is 5.10 Å². The molecule has 0 aliphatic heterocycles. The van der Waals surface area contributed by atoms with Crippen LogP contribution in [-0.2, 0) is 0 Å². The molecule has 0 saturated carbocycles. The van der Waals surface area contributed by atoms with E-state index in [9.17, 15) is 26.3 Å². The Bertz CT molecular complexity index is 270. The van der Waals surface area contributed by atoms with E-state index in [0.29, 0.717) is 6.20 Å². The molecule has 0 radical (unpaired) electrons. The van der Waals surface area contributed by atoms with Crippen molar-refractivity contribution in [2.45, 2.75) is 18.4 Å². The van der Waals surface area contributed by atoms with Gasteiger partial charge in [-0.2, -0.15) is 31.4 Å². The van der Waals surface area contributed by atoms with Gasteiger partial charge in [0.2, 0.25) is 6.04 Å². The van der Waals surface area contributed by atoms with Gasteiger partial charge in [-0.25, -0.2) is 0 Å². The first-order valence-electron chi connectivity index (χ1n) is 3.35. The lowest BCUT2D eigenvalue weighted by atomic mass is 10.3. The summed E-state index contributed by atoms with van der Waals surface area (Å²) in [7, 11) is 0. The molecule has 0 spiro atoms. The molecule has 0 aliphatic rings. The number of rotatable bonds is 1.